The van der Waals surface area contributed by atoms with Gasteiger partial charge in [0.05, 0.1) is 11.9 Å². The predicted octanol–water partition coefficient (Wildman–Crippen LogP) is 3.55. The highest BCUT2D eigenvalue weighted by Gasteiger charge is 2.36. The summed E-state index contributed by atoms with van der Waals surface area (Å²) >= 11 is 0. The van der Waals surface area contributed by atoms with Crippen molar-refractivity contribution in [1.29, 1.82) is 0 Å². The molecule has 5 rings (SSSR count). The van der Waals surface area contributed by atoms with Crippen LogP contribution in [-0.4, -0.2) is 56.0 Å². The van der Waals surface area contributed by atoms with E-state index in [0.29, 0.717) is 11.9 Å². The monoisotopic (exact) mass is 437 g/mol. The van der Waals surface area contributed by atoms with Crippen LogP contribution in [-0.2, 0) is 24.7 Å². The van der Waals surface area contributed by atoms with Crippen LogP contribution in [0, 0.1) is 0 Å². The topological polar surface area (TPSA) is 79.2 Å². The summed E-state index contributed by atoms with van der Waals surface area (Å²) in [4.78, 5) is 32.0. The van der Waals surface area contributed by atoms with Crippen LogP contribution in [0.15, 0.2) is 6.20 Å². The zero-order valence-corrected chi connectivity index (χ0v) is 19.6. The number of hydrogen-bond donors (Lipinski definition) is 1. The van der Waals surface area contributed by atoms with Crippen molar-refractivity contribution < 1.29 is 4.79 Å². The Balaban J connectivity index is 1.44. The normalized spacial score (nSPS) is 20.8. The SMILES string of the molecule is CC(C)c1cnc(Nc2nc(N3CCC[C@@H]3C(=O)N3CCCCC3)nc3c2CCC3)n1C. The average molecular weight is 438 g/mol. The van der Waals surface area contributed by atoms with Crippen molar-refractivity contribution in [3.05, 3.63) is 23.1 Å². The fourth-order valence-electron chi connectivity index (χ4n) is 5.42. The molecule has 2 aromatic heterocycles. The van der Waals surface area contributed by atoms with E-state index in [0.717, 1.165) is 82.0 Å². The minimum atomic E-state index is -0.138. The van der Waals surface area contributed by atoms with Crippen LogP contribution in [0.25, 0.3) is 0 Å². The Morgan fingerprint density at radius 3 is 2.62 bits per heavy atom. The average Bonchev–Trinajstić information content (AvgIpc) is 3.54. The van der Waals surface area contributed by atoms with Crippen molar-refractivity contribution in [2.45, 2.75) is 77.2 Å². The summed E-state index contributed by atoms with van der Waals surface area (Å²) in [5.74, 6) is 3.00. The number of fused-ring (bicyclic) bond motifs is 1. The van der Waals surface area contributed by atoms with Gasteiger partial charge in [-0.15, -0.1) is 0 Å². The van der Waals surface area contributed by atoms with Crippen LogP contribution in [0.5, 0.6) is 0 Å². The molecule has 8 heteroatoms. The summed E-state index contributed by atoms with van der Waals surface area (Å²) in [6.07, 6.45) is 10.3. The Kier molecular flexibility index (Phi) is 5.78. The molecule has 1 aliphatic carbocycles. The third kappa shape index (κ3) is 3.84. The molecule has 0 aromatic carbocycles. The largest absolute Gasteiger partial charge is 0.341 e. The van der Waals surface area contributed by atoms with E-state index < -0.39 is 0 Å². The molecular formula is C24H35N7O. The minimum Gasteiger partial charge on any atom is -0.341 e. The van der Waals surface area contributed by atoms with Crippen molar-refractivity contribution in [1.82, 2.24) is 24.4 Å². The second kappa shape index (κ2) is 8.71. The molecular weight excluding hydrogens is 402 g/mol. The maximum atomic E-state index is 13.3. The van der Waals surface area contributed by atoms with Gasteiger partial charge in [0.25, 0.3) is 0 Å². The fourth-order valence-corrected chi connectivity index (χ4v) is 5.42. The fraction of sp³-hybridized carbons (Fsp3) is 0.667. The van der Waals surface area contributed by atoms with Gasteiger partial charge >= 0.3 is 0 Å². The van der Waals surface area contributed by atoms with Crippen LogP contribution in [0.1, 0.15) is 75.2 Å². The Hall–Kier alpha value is -2.64. The lowest BCUT2D eigenvalue weighted by atomic mass is 10.1. The van der Waals surface area contributed by atoms with E-state index in [9.17, 15) is 4.79 Å². The molecule has 4 heterocycles. The molecule has 3 aliphatic rings. The van der Waals surface area contributed by atoms with Crippen molar-refractivity contribution in [3.8, 4) is 0 Å². The number of hydrogen-bond acceptors (Lipinski definition) is 6. The van der Waals surface area contributed by atoms with E-state index in [1.165, 1.54) is 17.7 Å². The van der Waals surface area contributed by atoms with Gasteiger partial charge in [0.15, 0.2) is 0 Å². The van der Waals surface area contributed by atoms with Gasteiger partial charge in [0.1, 0.15) is 11.9 Å². The van der Waals surface area contributed by atoms with Crippen LogP contribution in [0.3, 0.4) is 0 Å². The lowest BCUT2D eigenvalue weighted by Crippen LogP contribution is -2.48. The minimum absolute atomic E-state index is 0.138. The molecule has 1 amide bonds. The number of amides is 1. The standard InChI is InChI=1S/C24H35N7O/c1-16(2)20-15-25-23(29(20)3)27-21-17-9-7-10-18(17)26-24(28-21)31-14-8-11-19(31)22(32)30-12-5-4-6-13-30/h15-16,19H,4-14H2,1-3H3,(H,25,26,27,28)/t19-/m1/s1. The highest BCUT2D eigenvalue weighted by molar-refractivity contribution is 5.85. The number of piperidine rings is 1. The van der Waals surface area contributed by atoms with E-state index in [-0.39, 0.29) is 11.9 Å². The first-order valence-electron chi connectivity index (χ1n) is 12.3. The zero-order valence-electron chi connectivity index (χ0n) is 19.6. The Morgan fingerprint density at radius 1 is 1.06 bits per heavy atom. The van der Waals surface area contributed by atoms with Crippen LogP contribution >= 0.6 is 0 Å². The van der Waals surface area contributed by atoms with Gasteiger partial charge in [-0.3, -0.25) is 4.79 Å². The molecule has 2 aliphatic heterocycles. The molecule has 0 radical (unpaired) electrons. The summed E-state index contributed by atoms with van der Waals surface area (Å²) in [6, 6.07) is -0.138. The molecule has 2 saturated heterocycles. The number of aryl methyl sites for hydroxylation is 1. The quantitative estimate of drug-likeness (QED) is 0.771. The molecule has 0 unspecified atom stereocenters. The number of nitrogens with zero attached hydrogens (tertiary/aromatic N) is 6. The molecule has 2 aromatic rings. The van der Waals surface area contributed by atoms with E-state index in [2.05, 4.69) is 38.5 Å². The molecule has 32 heavy (non-hydrogen) atoms. The number of imidazole rings is 1. The van der Waals surface area contributed by atoms with E-state index >= 15 is 0 Å². The van der Waals surface area contributed by atoms with Gasteiger partial charge in [-0.25, -0.2) is 9.97 Å². The molecule has 172 valence electrons. The Morgan fingerprint density at radius 2 is 1.88 bits per heavy atom. The first kappa shape index (κ1) is 21.2. The van der Waals surface area contributed by atoms with E-state index in [1.807, 2.05) is 13.2 Å². The first-order chi connectivity index (χ1) is 15.5. The first-order valence-corrected chi connectivity index (χ1v) is 12.3. The lowest BCUT2D eigenvalue weighted by molar-refractivity contribution is -0.133. The smallest absolute Gasteiger partial charge is 0.245 e. The predicted molar refractivity (Wildman–Crippen MR) is 125 cm³/mol. The second-order valence-electron chi connectivity index (χ2n) is 9.73. The van der Waals surface area contributed by atoms with Gasteiger partial charge in [0, 0.05) is 37.9 Å². The maximum Gasteiger partial charge on any atom is 0.245 e. The molecule has 1 atom stereocenters. The van der Waals surface area contributed by atoms with Gasteiger partial charge in [-0.05, 0) is 57.3 Å². The number of likely N-dealkylation sites (tertiary alicyclic amines) is 1. The number of rotatable bonds is 5. The van der Waals surface area contributed by atoms with Crippen LogP contribution in [0.2, 0.25) is 0 Å². The lowest BCUT2D eigenvalue weighted by Gasteiger charge is -2.32. The second-order valence-corrected chi connectivity index (χ2v) is 9.73. The molecule has 0 saturated carbocycles. The van der Waals surface area contributed by atoms with Gasteiger partial charge in [-0.2, -0.15) is 4.98 Å². The summed E-state index contributed by atoms with van der Waals surface area (Å²) in [5.41, 5.74) is 3.50. The summed E-state index contributed by atoms with van der Waals surface area (Å²) < 4.78 is 2.10. The van der Waals surface area contributed by atoms with Crippen molar-refractivity contribution >= 4 is 23.6 Å². The highest BCUT2D eigenvalue weighted by atomic mass is 16.2. The number of carbonyl (C=O) groups excluding carboxylic acids is 1. The zero-order chi connectivity index (χ0) is 22.2. The van der Waals surface area contributed by atoms with E-state index in [1.54, 1.807) is 0 Å². The van der Waals surface area contributed by atoms with Gasteiger partial charge in [0.2, 0.25) is 17.8 Å². The van der Waals surface area contributed by atoms with Crippen molar-refractivity contribution in [2.24, 2.45) is 7.05 Å². The third-order valence-corrected chi connectivity index (χ3v) is 7.23. The van der Waals surface area contributed by atoms with Crippen LogP contribution in [0.4, 0.5) is 17.7 Å². The maximum absolute atomic E-state index is 13.3. The molecule has 2 fully saturated rings. The third-order valence-electron chi connectivity index (χ3n) is 7.23. The summed E-state index contributed by atoms with van der Waals surface area (Å²) in [7, 11) is 2.04. The highest BCUT2D eigenvalue weighted by Crippen LogP contribution is 2.33. The van der Waals surface area contributed by atoms with Crippen molar-refractivity contribution in [2.75, 3.05) is 29.9 Å². The summed E-state index contributed by atoms with van der Waals surface area (Å²) in [5, 5.41) is 3.50. The molecule has 1 N–H and O–H groups in total. The Bertz CT molecular complexity index is 992. The molecule has 0 bridgehead atoms. The van der Waals surface area contributed by atoms with E-state index in [4.69, 9.17) is 9.97 Å². The van der Waals surface area contributed by atoms with Crippen molar-refractivity contribution in [3.63, 3.8) is 0 Å². The van der Waals surface area contributed by atoms with Gasteiger partial charge < -0.3 is 19.7 Å². The number of anilines is 3. The molecule has 8 nitrogen and oxygen atoms in total. The number of aromatic nitrogens is 4. The number of carbonyl (C=O) groups is 1. The number of nitrogens with one attached hydrogen (secondary N) is 1. The van der Waals surface area contributed by atoms with Crippen LogP contribution < -0.4 is 10.2 Å². The van der Waals surface area contributed by atoms with Gasteiger partial charge in [-0.1, -0.05) is 13.8 Å². The summed E-state index contributed by atoms with van der Waals surface area (Å²) in [6.45, 7) is 6.96. The Labute approximate surface area is 190 Å². The molecule has 0 spiro atoms.